The van der Waals surface area contributed by atoms with Crippen molar-refractivity contribution in [2.75, 3.05) is 6.61 Å². The van der Waals surface area contributed by atoms with E-state index in [1.807, 2.05) is 0 Å². The molecular formula is C17H28N2O3. The van der Waals surface area contributed by atoms with Crippen molar-refractivity contribution in [2.45, 2.75) is 71.1 Å². The van der Waals surface area contributed by atoms with Crippen LogP contribution in [0.5, 0.6) is 6.01 Å². The first-order chi connectivity index (χ1) is 10.7. The van der Waals surface area contributed by atoms with Crippen molar-refractivity contribution >= 4 is 5.97 Å². The summed E-state index contributed by atoms with van der Waals surface area (Å²) in [5.41, 5.74) is 0.0753. The van der Waals surface area contributed by atoms with Crippen LogP contribution < -0.4 is 4.74 Å². The quantitative estimate of drug-likeness (QED) is 0.544. The Morgan fingerprint density at radius 1 is 0.955 bits per heavy atom. The van der Waals surface area contributed by atoms with Gasteiger partial charge in [0.25, 0.3) is 0 Å². The molecule has 0 unspecified atom stereocenters. The van der Waals surface area contributed by atoms with Gasteiger partial charge in [-0.25, -0.2) is 14.8 Å². The average molecular weight is 308 g/mol. The second kappa shape index (κ2) is 12.0. The Labute approximate surface area is 133 Å². The number of aromatic nitrogens is 2. The van der Waals surface area contributed by atoms with Crippen LogP contribution in [0.15, 0.2) is 12.4 Å². The van der Waals surface area contributed by atoms with E-state index >= 15 is 0 Å². The number of unbranched alkanes of at least 4 members (excludes halogenated alkanes) is 9. The lowest BCUT2D eigenvalue weighted by Gasteiger charge is -2.04. The van der Waals surface area contributed by atoms with Crippen LogP contribution in [-0.4, -0.2) is 27.7 Å². The summed E-state index contributed by atoms with van der Waals surface area (Å²) in [6, 6.07) is 0.251. The molecular weight excluding hydrogens is 280 g/mol. The summed E-state index contributed by atoms with van der Waals surface area (Å²) in [4.78, 5) is 18.4. The van der Waals surface area contributed by atoms with Crippen molar-refractivity contribution in [1.29, 1.82) is 0 Å². The van der Waals surface area contributed by atoms with E-state index in [0.717, 1.165) is 12.8 Å². The molecule has 1 N–H and O–H groups in total. The van der Waals surface area contributed by atoms with Crippen molar-refractivity contribution in [2.24, 2.45) is 0 Å². The Bertz CT molecular complexity index is 407. The molecule has 22 heavy (non-hydrogen) atoms. The van der Waals surface area contributed by atoms with E-state index in [2.05, 4.69) is 16.9 Å². The first-order valence-electron chi connectivity index (χ1n) is 8.42. The molecule has 1 aromatic heterocycles. The van der Waals surface area contributed by atoms with Crippen molar-refractivity contribution in [3.8, 4) is 6.01 Å². The smallest absolute Gasteiger partial charge is 0.338 e. The Kier molecular flexibility index (Phi) is 9.99. The Balaban J connectivity index is 1.94. The van der Waals surface area contributed by atoms with Gasteiger partial charge in [0.1, 0.15) is 0 Å². The molecule has 1 aromatic rings. The third-order valence-electron chi connectivity index (χ3n) is 3.60. The van der Waals surface area contributed by atoms with E-state index < -0.39 is 5.97 Å². The summed E-state index contributed by atoms with van der Waals surface area (Å²) in [7, 11) is 0. The van der Waals surface area contributed by atoms with E-state index in [-0.39, 0.29) is 11.6 Å². The number of carboxylic acid groups (broad SMARTS) is 1. The Hall–Kier alpha value is -1.65. The Morgan fingerprint density at radius 2 is 1.45 bits per heavy atom. The fraction of sp³-hybridized carbons (Fsp3) is 0.706. The zero-order valence-corrected chi connectivity index (χ0v) is 13.6. The monoisotopic (exact) mass is 308 g/mol. The molecule has 5 nitrogen and oxygen atoms in total. The van der Waals surface area contributed by atoms with Crippen LogP contribution in [0, 0.1) is 0 Å². The highest BCUT2D eigenvalue weighted by atomic mass is 16.5. The van der Waals surface area contributed by atoms with Crippen LogP contribution >= 0.6 is 0 Å². The predicted octanol–water partition coefficient (Wildman–Crippen LogP) is 4.47. The maximum atomic E-state index is 10.7. The van der Waals surface area contributed by atoms with Gasteiger partial charge in [-0.2, -0.15) is 0 Å². The summed E-state index contributed by atoms with van der Waals surface area (Å²) < 4.78 is 5.40. The van der Waals surface area contributed by atoms with Gasteiger partial charge in [-0.3, -0.25) is 0 Å². The maximum absolute atomic E-state index is 10.7. The number of rotatable bonds is 13. The maximum Gasteiger partial charge on any atom is 0.338 e. The number of aromatic carboxylic acids is 1. The van der Waals surface area contributed by atoms with E-state index in [4.69, 9.17) is 9.84 Å². The molecule has 0 aliphatic heterocycles. The third-order valence-corrected chi connectivity index (χ3v) is 3.60. The summed E-state index contributed by atoms with van der Waals surface area (Å²) in [5.74, 6) is -1.03. The molecule has 0 amide bonds. The van der Waals surface area contributed by atoms with E-state index in [1.54, 1.807) is 0 Å². The number of carbonyl (C=O) groups is 1. The minimum atomic E-state index is -1.03. The van der Waals surface area contributed by atoms with Gasteiger partial charge in [0.2, 0.25) is 0 Å². The minimum absolute atomic E-state index is 0.0753. The molecule has 0 radical (unpaired) electrons. The van der Waals surface area contributed by atoms with Gasteiger partial charge in [0.15, 0.2) is 0 Å². The lowest BCUT2D eigenvalue weighted by molar-refractivity contribution is 0.0695. The van der Waals surface area contributed by atoms with E-state index in [0.29, 0.717) is 6.61 Å². The average Bonchev–Trinajstić information content (AvgIpc) is 2.53. The summed E-state index contributed by atoms with van der Waals surface area (Å²) >= 11 is 0. The largest absolute Gasteiger partial charge is 0.478 e. The molecule has 0 aliphatic rings. The first kappa shape index (κ1) is 18.4. The zero-order chi connectivity index (χ0) is 16.0. The van der Waals surface area contributed by atoms with Crippen LogP contribution in [0.2, 0.25) is 0 Å². The lowest BCUT2D eigenvalue weighted by atomic mass is 10.1. The standard InChI is InChI=1S/C17H28N2O3/c1-2-3-4-5-6-7-8-9-10-11-12-22-17-18-13-15(14-19-17)16(20)21/h13-14H,2-12H2,1H3,(H,20,21). The molecule has 0 aliphatic carbocycles. The van der Waals surface area contributed by atoms with Crippen molar-refractivity contribution in [3.05, 3.63) is 18.0 Å². The normalized spacial score (nSPS) is 10.6. The molecule has 0 spiro atoms. The van der Waals surface area contributed by atoms with E-state index in [1.165, 1.54) is 63.8 Å². The van der Waals surface area contributed by atoms with Crippen LogP contribution in [0.25, 0.3) is 0 Å². The summed E-state index contributed by atoms with van der Waals surface area (Å²) in [5, 5.41) is 8.73. The topological polar surface area (TPSA) is 72.3 Å². The van der Waals surface area contributed by atoms with Crippen LogP contribution in [0.3, 0.4) is 0 Å². The molecule has 0 saturated heterocycles. The Morgan fingerprint density at radius 3 is 1.95 bits per heavy atom. The first-order valence-corrected chi connectivity index (χ1v) is 8.42. The van der Waals surface area contributed by atoms with Gasteiger partial charge in [-0.15, -0.1) is 0 Å². The minimum Gasteiger partial charge on any atom is -0.478 e. The lowest BCUT2D eigenvalue weighted by Crippen LogP contribution is -2.03. The van der Waals surface area contributed by atoms with Gasteiger partial charge in [0, 0.05) is 12.4 Å². The summed E-state index contributed by atoms with van der Waals surface area (Å²) in [6.07, 6.45) is 15.4. The van der Waals surface area contributed by atoms with Crippen molar-refractivity contribution in [3.63, 3.8) is 0 Å². The number of hydrogen-bond acceptors (Lipinski definition) is 4. The molecule has 0 atom stereocenters. The highest BCUT2D eigenvalue weighted by Crippen LogP contribution is 2.11. The van der Waals surface area contributed by atoms with Crippen LogP contribution in [0.1, 0.15) is 81.5 Å². The van der Waals surface area contributed by atoms with Gasteiger partial charge in [0.05, 0.1) is 12.2 Å². The second-order valence-electron chi connectivity index (χ2n) is 5.59. The van der Waals surface area contributed by atoms with Gasteiger partial charge < -0.3 is 9.84 Å². The molecule has 1 rings (SSSR count). The molecule has 0 fully saturated rings. The second-order valence-corrected chi connectivity index (χ2v) is 5.59. The number of nitrogens with zero attached hydrogens (tertiary/aromatic N) is 2. The third kappa shape index (κ3) is 8.60. The zero-order valence-electron chi connectivity index (χ0n) is 13.6. The molecule has 0 bridgehead atoms. The highest BCUT2D eigenvalue weighted by Gasteiger charge is 2.04. The highest BCUT2D eigenvalue weighted by molar-refractivity contribution is 5.86. The van der Waals surface area contributed by atoms with Crippen LogP contribution in [-0.2, 0) is 0 Å². The fourth-order valence-corrected chi connectivity index (χ4v) is 2.25. The number of hydrogen-bond donors (Lipinski definition) is 1. The molecule has 124 valence electrons. The predicted molar refractivity (Wildman–Crippen MR) is 86.3 cm³/mol. The molecule has 1 heterocycles. The van der Waals surface area contributed by atoms with Gasteiger partial charge >= 0.3 is 12.0 Å². The molecule has 0 saturated carbocycles. The SMILES string of the molecule is CCCCCCCCCCCCOc1ncc(C(=O)O)cn1. The summed E-state index contributed by atoms with van der Waals surface area (Å²) in [6.45, 7) is 2.83. The fourth-order valence-electron chi connectivity index (χ4n) is 2.25. The molecule has 5 heteroatoms. The number of carboxylic acids is 1. The van der Waals surface area contributed by atoms with E-state index in [9.17, 15) is 4.79 Å². The number of ether oxygens (including phenoxy) is 1. The van der Waals surface area contributed by atoms with Crippen molar-refractivity contribution < 1.29 is 14.6 Å². The van der Waals surface area contributed by atoms with Gasteiger partial charge in [-0.1, -0.05) is 64.7 Å². The molecule has 0 aromatic carbocycles. The van der Waals surface area contributed by atoms with Crippen molar-refractivity contribution in [1.82, 2.24) is 9.97 Å². The van der Waals surface area contributed by atoms with Crippen LogP contribution in [0.4, 0.5) is 0 Å². The van der Waals surface area contributed by atoms with Gasteiger partial charge in [-0.05, 0) is 6.42 Å².